The lowest BCUT2D eigenvalue weighted by Gasteiger charge is -2.09. The van der Waals surface area contributed by atoms with Crippen LogP contribution in [0.2, 0.25) is 0 Å². The Morgan fingerprint density at radius 2 is 1.89 bits per heavy atom. The van der Waals surface area contributed by atoms with E-state index >= 15 is 0 Å². The average Bonchev–Trinajstić information content (AvgIpc) is 2.70. The number of nitrogens with one attached hydrogen (secondary N) is 1. The van der Waals surface area contributed by atoms with Crippen LogP contribution in [0.5, 0.6) is 11.5 Å². The van der Waals surface area contributed by atoms with Crippen LogP contribution in [0.3, 0.4) is 0 Å². The van der Waals surface area contributed by atoms with E-state index in [1.807, 2.05) is 12.1 Å². The van der Waals surface area contributed by atoms with Gasteiger partial charge in [0.05, 0.1) is 17.3 Å². The van der Waals surface area contributed by atoms with Gasteiger partial charge in [0.15, 0.2) is 11.6 Å². The van der Waals surface area contributed by atoms with Crippen LogP contribution in [0.25, 0.3) is 21.9 Å². The molecule has 0 aliphatic heterocycles. The van der Waals surface area contributed by atoms with E-state index in [2.05, 4.69) is 15.2 Å². The summed E-state index contributed by atoms with van der Waals surface area (Å²) in [5.41, 5.74) is 7.62. The number of H-pyrrole nitrogens is 1. The van der Waals surface area contributed by atoms with E-state index in [0.717, 1.165) is 11.1 Å². The summed E-state index contributed by atoms with van der Waals surface area (Å²) in [5, 5.41) is 7.63. The average molecular weight is 362 g/mol. The molecule has 6 nitrogen and oxygen atoms in total. The van der Waals surface area contributed by atoms with Gasteiger partial charge in [-0.05, 0) is 35.9 Å². The molecule has 3 N–H and O–H groups in total. The zero-order valence-corrected chi connectivity index (χ0v) is 14.1. The SMILES string of the molecule is NCc1n[nH]c(=O)c2ccc(-c3cncc(Oc4ccccc4F)c3)cc12. The Labute approximate surface area is 153 Å². The molecule has 0 saturated heterocycles. The van der Waals surface area contributed by atoms with Crippen LogP contribution in [0.1, 0.15) is 5.69 Å². The Bertz CT molecular complexity index is 1190. The predicted octanol–water partition coefficient (Wildman–Crippen LogP) is 3.38. The van der Waals surface area contributed by atoms with Crippen molar-refractivity contribution in [3.8, 4) is 22.6 Å². The maximum absolute atomic E-state index is 13.8. The van der Waals surface area contributed by atoms with Crippen molar-refractivity contribution in [2.24, 2.45) is 5.73 Å². The third-order valence-corrected chi connectivity index (χ3v) is 4.17. The summed E-state index contributed by atoms with van der Waals surface area (Å²) in [6, 6.07) is 13.3. The molecule has 4 rings (SSSR count). The van der Waals surface area contributed by atoms with E-state index in [1.165, 1.54) is 12.3 Å². The topological polar surface area (TPSA) is 93.9 Å². The molecule has 0 bridgehead atoms. The number of ether oxygens (including phenoxy) is 1. The molecule has 0 atom stereocenters. The summed E-state index contributed by atoms with van der Waals surface area (Å²) < 4.78 is 19.4. The molecule has 0 fully saturated rings. The van der Waals surface area contributed by atoms with Gasteiger partial charge in [-0.2, -0.15) is 5.10 Å². The van der Waals surface area contributed by atoms with E-state index < -0.39 is 5.82 Å². The molecule has 0 radical (unpaired) electrons. The van der Waals surface area contributed by atoms with Crippen molar-refractivity contribution in [1.29, 1.82) is 0 Å². The van der Waals surface area contributed by atoms with Gasteiger partial charge in [-0.15, -0.1) is 0 Å². The van der Waals surface area contributed by atoms with Gasteiger partial charge in [0.2, 0.25) is 0 Å². The van der Waals surface area contributed by atoms with Gasteiger partial charge in [-0.3, -0.25) is 9.78 Å². The molecule has 2 heterocycles. The smallest absolute Gasteiger partial charge is 0.272 e. The molecule has 0 unspecified atom stereocenters. The fourth-order valence-electron chi connectivity index (χ4n) is 2.84. The highest BCUT2D eigenvalue weighted by Gasteiger charge is 2.09. The van der Waals surface area contributed by atoms with Crippen molar-refractivity contribution in [3.05, 3.63) is 82.8 Å². The molecule has 0 saturated carbocycles. The van der Waals surface area contributed by atoms with Crippen LogP contribution in [-0.4, -0.2) is 15.2 Å². The first kappa shape index (κ1) is 16.9. The van der Waals surface area contributed by atoms with Gasteiger partial charge < -0.3 is 10.5 Å². The minimum atomic E-state index is -0.452. The lowest BCUT2D eigenvalue weighted by Crippen LogP contribution is -2.13. The van der Waals surface area contributed by atoms with Crippen LogP contribution in [0, 0.1) is 5.82 Å². The molecule has 0 aliphatic carbocycles. The lowest BCUT2D eigenvalue weighted by atomic mass is 10.0. The molecule has 7 heteroatoms. The fraction of sp³-hybridized carbons (Fsp3) is 0.0500. The van der Waals surface area contributed by atoms with Crippen LogP contribution < -0.4 is 16.0 Å². The minimum absolute atomic E-state index is 0.121. The zero-order chi connectivity index (χ0) is 18.8. The molecule has 0 aliphatic rings. The largest absolute Gasteiger partial charge is 0.453 e. The van der Waals surface area contributed by atoms with Gasteiger partial charge in [0.25, 0.3) is 5.56 Å². The first-order valence-electron chi connectivity index (χ1n) is 8.25. The summed E-state index contributed by atoms with van der Waals surface area (Å²) in [6.07, 6.45) is 3.17. The Morgan fingerprint density at radius 3 is 2.70 bits per heavy atom. The summed E-state index contributed by atoms with van der Waals surface area (Å²) in [7, 11) is 0. The number of fused-ring (bicyclic) bond motifs is 1. The Hall–Kier alpha value is -3.58. The number of aromatic amines is 1. The molecule has 2 aromatic heterocycles. The summed E-state index contributed by atoms with van der Waals surface area (Å²) >= 11 is 0. The number of halogens is 1. The third kappa shape index (κ3) is 3.28. The van der Waals surface area contributed by atoms with Gasteiger partial charge in [-0.1, -0.05) is 18.2 Å². The van der Waals surface area contributed by atoms with Crippen molar-refractivity contribution < 1.29 is 9.13 Å². The molecular formula is C20H15FN4O2. The molecule has 134 valence electrons. The number of pyridine rings is 1. The molecular weight excluding hydrogens is 347 g/mol. The van der Waals surface area contributed by atoms with Crippen molar-refractivity contribution in [3.63, 3.8) is 0 Å². The third-order valence-electron chi connectivity index (χ3n) is 4.17. The van der Waals surface area contributed by atoms with Gasteiger partial charge >= 0.3 is 0 Å². The van der Waals surface area contributed by atoms with Crippen LogP contribution in [0.15, 0.2) is 65.7 Å². The molecule has 27 heavy (non-hydrogen) atoms. The van der Waals surface area contributed by atoms with Crippen molar-refractivity contribution >= 4 is 10.8 Å². The molecule has 0 spiro atoms. The Kier molecular flexibility index (Phi) is 4.35. The van der Waals surface area contributed by atoms with Crippen LogP contribution in [-0.2, 0) is 6.54 Å². The van der Waals surface area contributed by atoms with E-state index in [9.17, 15) is 9.18 Å². The van der Waals surface area contributed by atoms with Crippen molar-refractivity contribution in [1.82, 2.24) is 15.2 Å². The standard InChI is InChI=1S/C20H15FN4O2/c21-17-3-1-2-4-19(17)27-14-7-13(10-23-11-14)12-5-6-15-16(8-12)18(9-22)24-25-20(15)26/h1-8,10-11H,9,22H2,(H,25,26). The van der Waals surface area contributed by atoms with E-state index in [0.29, 0.717) is 22.2 Å². The maximum atomic E-state index is 13.8. The van der Waals surface area contributed by atoms with E-state index in [-0.39, 0.29) is 17.9 Å². The summed E-state index contributed by atoms with van der Waals surface area (Å²) in [6.45, 7) is 0.200. The number of benzene rings is 2. The van der Waals surface area contributed by atoms with Gasteiger partial charge in [0, 0.05) is 23.7 Å². The van der Waals surface area contributed by atoms with Crippen LogP contribution >= 0.6 is 0 Å². The monoisotopic (exact) mass is 362 g/mol. The molecule has 0 amide bonds. The zero-order valence-electron chi connectivity index (χ0n) is 14.1. The number of rotatable bonds is 4. The number of para-hydroxylation sites is 1. The normalized spacial score (nSPS) is 10.9. The fourth-order valence-corrected chi connectivity index (χ4v) is 2.84. The summed E-state index contributed by atoms with van der Waals surface area (Å²) in [4.78, 5) is 16.1. The highest BCUT2D eigenvalue weighted by molar-refractivity contribution is 5.88. The number of aromatic nitrogens is 3. The minimum Gasteiger partial charge on any atom is -0.453 e. The van der Waals surface area contributed by atoms with Crippen molar-refractivity contribution in [2.75, 3.05) is 0 Å². The summed E-state index contributed by atoms with van der Waals surface area (Å²) in [5.74, 6) is 0.0726. The van der Waals surface area contributed by atoms with Crippen LogP contribution in [0.4, 0.5) is 4.39 Å². The quantitative estimate of drug-likeness (QED) is 0.580. The Balaban J connectivity index is 1.76. The number of hydrogen-bond acceptors (Lipinski definition) is 5. The number of nitrogens with zero attached hydrogens (tertiary/aromatic N) is 2. The van der Waals surface area contributed by atoms with E-state index in [4.69, 9.17) is 10.5 Å². The predicted molar refractivity (Wildman–Crippen MR) is 100.0 cm³/mol. The maximum Gasteiger partial charge on any atom is 0.272 e. The number of nitrogens with two attached hydrogens (primary N) is 1. The highest BCUT2D eigenvalue weighted by atomic mass is 19.1. The second-order valence-electron chi connectivity index (χ2n) is 5.91. The second kappa shape index (κ2) is 6.97. The lowest BCUT2D eigenvalue weighted by molar-refractivity contribution is 0.441. The van der Waals surface area contributed by atoms with E-state index in [1.54, 1.807) is 36.5 Å². The first-order valence-corrected chi connectivity index (χ1v) is 8.25. The molecule has 2 aromatic carbocycles. The number of hydrogen-bond donors (Lipinski definition) is 2. The van der Waals surface area contributed by atoms with Gasteiger partial charge in [-0.25, -0.2) is 9.49 Å². The first-order chi connectivity index (χ1) is 13.2. The highest BCUT2D eigenvalue weighted by Crippen LogP contribution is 2.29. The Morgan fingerprint density at radius 1 is 1.04 bits per heavy atom. The second-order valence-corrected chi connectivity index (χ2v) is 5.91. The van der Waals surface area contributed by atoms with Crippen molar-refractivity contribution in [2.45, 2.75) is 6.54 Å². The molecule has 4 aromatic rings. The van der Waals surface area contributed by atoms with Gasteiger partial charge in [0.1, 0.15) is 5.75 Å².